The van der Waals surface area contributed by atoms with E-state index >= 15 is 0 Å². The smallest absolute Gasteiger partial charge is 0.123 e. The summed E-state index contributed by atoms with van der Waals surface area (Å²) >= 11 is 3.45. The molecule has 1 aromatic carbocycles. The van der Waals surface area contributed by atoms with E-state index in [1.165, 1.54) is 5.56 Å². The zero-order valence-corrected chi connectivity index (χ0v) is 12.5. The summed E-state index contributed by atoms with van der Waals surface area (Å²) in [7, 11) is 0. The molecule has 1 rings (SSSR count). The van der Waals surface area contributed by atoms with Crippen molar-refractivity contribution in [1.82, 2.24) is 0 Å². The molecule has 2 nitrogen and oxygen atoms in total. The Morgan fingerprint density at radius 1 is 1.35 bits per heavy atom. The topological polar surface area (TPSA) is 35.2 Å². The molecule has 0 heterocycles. The van der Waals surface area contributed by atoms with Crippen LogP contribution in [0, 0.1) is 12.3 Å². The first-order valence-corrected chi connectivity index (χ1v) is 6.83. The zero-order chi connectivity index (χ0) is 12.9. The van der Waals surface area contributed by atoms with Gasteiger partial charge in [0.25, 0.3) is 0 Å². The van der Waals surface area contributed by atoms with Gasteiger partial charge in [-0.2, -0.15) is 0 Å². The lowest BCUT2D eigenvalue weighted by atomic mass is 9.88. The van der Waals surface area contributed by atoms with Crippen LogP contribution in [-0.4, -0.2) is 13.2 Å². The van der Waals surface area contributed by atoms with E-state index in [0.717, 1.165) is 36.2 Å². The molecule has 0 atom stereocenters. The summed E-state index contributed by atoms with van der Waals surface area (Å²) in [6.07, 6.45) is 2.13. The molecule has 1 aromatic rings. The SMILES string of the molecule is Cc1ccc(Br)cc1OCCCC(C)(C)CN. The van der Waals surface area contributed by atoms with Crippen molar-refractivity contribution < 1.29 is 4.74 Å². The molecule has 0 saturated carbocycles. The first kappa shape index (κ1) is 14.5. The molecule has 0 aliphatic heterocycles. The number of halogens is 1. The van der Waals surface area contributed by atoms with Crippen LogP contribution in [-0.2, 0) is 0 Å². The number of hydrogen-bond acceptors (Lipinski definition) is 2. The van der Waals surface area contributed by atoms with Crippen LogP contribution in [0.25, 0.3) is 0 Å². The van der Waals surface area contributed by atoms with E-state index in [1.54, 1.807) is 0 Å². The highest BCUT2D eigenvalue weighted by molar-refractivity contribution is 9.10. The molecular weight excluding hydrogens is 278 g/mol. The summed E-state index contributed by atoms with van der Waals surface area (Å²) in [6, 6.07) is 6.10. The van der Waals surface area contributed by atoms with Crippen molar-refractivity contribution in [2.24, 2.45) is 11.1 Å². The second-order valence-corrected chi connectivity index (χ2v) is 6.15. The summed E-state index contributed by atoms with van der Waals surface area (Å²) in [5.41, 5.74) is 7.09. The molecule has 2 N–H and O–H groups in total. The zero-order valence-electron chi connectivity index (χ0n) is 10.9. The van der Waals surface area contributed by atoms with Crippen LogP contribution in [0.15, 0.2) is 22.7 Å². The fourth-order valence-electron chi connectivity index (χ4n) is 1.56. The molecule has 0 radical (unpaired) electrons. The van der Waals surface area contributed by atoms with Gasteiger partial charge < -0.3 is 10.5 Å². The molecule has 3 heteroatoms. The number of rotatable bonds is 6. The van der Waals surface area contributed by atoms with Gasteiger partial charge in [-0.15, -0.1) is 0 Å². The Bertz CT molecular complexity index is 363. The molecule has 0 amide bonds. The van der Waals surface area contributed by atoms with E-state index in [9.17, 15) is 0 Å². The van der Waals surface area contributed by atoms with Crippen LogP contribution in [0.1, 0.15) is 32.3 Å². The molecule has 0 bridgehead atoms. The van der Waals surface area contributed by atoms with Crippen molar-refractivity contribution in [3.63, 3.8) is 0 Å². The maximum absolute atomic E-state index is 5.79. The van der Waals surface area contributed by atoms with Crippen LogP contribution in [0.4, 0.5) is 0 Å². The summed E-state index contributed by atoms with van der Waals surface area (Å²) in [5.74, 6) is 0.963. The van der Waals surface area contributed by atoms with Gasteiger partial charge in [0.05, 0.1) is 6.61 Å². The minimum Gasteiger partial charge on any atom is -0.493 e. The fraction of sp³-hybridized carbons (Fsp3) is 0.571. The van der Waals surface area contributed by atoms with Gasteiger partial charge in [0, 0.05) is 4.47 Å². The van der Waals surface area contributed by atoms with Gasteiger partial charge in [-0.1, -0.05) is 35.8 Å². The molecule has 0 aliphatic carbocycles. The van der Waals surface area contributed by atoms with E-state index < -0.39 is 0 Å². The predicted molar refractivity (Wildman–Crippen MR) is 76.4 cm³/mol. The van der Waals surface area contributed by atoms with Crippen LogP contribution < -0.4 is 10.5 Å². The summed E-state index contributed by atoms with van der Waals surface area (Å²) < 4.78 is 6.84. The highest BCUT2D eigenvalue weighted by Crippen LogP contribution is 2.24. The molecule has 17 heavy (non-hydrogen) atoms. The average Bonchev–Trinajstić information content (AvgIpc) is 2.29. The maximum atomic E-state index is 5.79. The second kappa shape index (κ2) is 6.41. The Labute approximate surface area is 113 Å². The summed E-state index contributed by atoms with van der Waals surface area (Å²) in [6.45, 7) is 7.92. The fourth-order valence-corrected chi connectivity index (χ4v) is 1.90. The van der Waals surface area contributed by atoms with Gasteiger partial charge in [-0.25, -0.2) is 0 Å². The largest absolute Gasteiger partial charge is 0.493 e. The Morgan fingerprint density at radius 3 is 2.71 bits per heavy atom. The first-order chi connectivity index (χ1) is 7.94. The van der Waals surface area contributed by atoms with Crippen molar-refractivity contribution >= 4 is 15.9 Å². The lowest BCUT2D eigenvalue weighted by Crippen LogP contribution is -2.24. The van der Waals surface area contributed by atoms with Gasteiger partial charge in [0.2, 0.25) is 0 Å². The highest BCUT2D eigenvalue weighted by atomic mass is 79.9. The Kier molecular flexibility index (Phi) is 5.47. The van der Waals surface area contributed by atoms with E-state index in [1.807, 2.05) is 12.1 Å². The lowest BCUT2D eigenvalue weighted by molar-refractivity contribution is 0.260. The molecule has 0 unspecified atom stereocenters. The third kappa shape index (κ3) is 5.09. The predicted octanol–water partition coefficient (Wildman–Crippen LogP) is 3.90. The van der Waals surface area contributed by atoms with Crippen molar-refractivity contribution in [1.29, 1.82) is 0 Å². The molecule has 0 fully saturated rings. The highest BCUT2D eigenvalue weighted by Gasteiger charge is 2.14. The van der Waals surface area contributed by atoms with Gasteiger partial charge in [0.1, 0.15) is 5.75 Å². The van der Waals surface area contributed by atoms with Gasteiger partial charge >= 0.3 is 0 Å². The van der Waals surface area contributed by atoms with Crippen LogP contribution >= 0.6 is 15.9 Å². The standard InChI is InChI=1S/C14H22BrNO/c1-11-5-6-12(15)9-13(11)17-8-4-7-14(2,3)10-16/h5-6,9H,4,7-8,10,16H2,1-3H3. The molecule has 96 valence electrons. The van der Waals surface area contributed by atoms with E-state index in [4.69, 9.17) is 10.5 Å². The molecule has 0 aromatic heterocycles. The molecule has 0 spiro atoms. The van der Waals surface area contributed by atoms with E-state index in [-0.39, 0.29) is 5.41 Å². The van der Waals surface area contributed by atoms with Crippen molar-refractivity contribution in [3.8, 4) is 5.75 Å². The lowest BCUT2D eigenvalue weighted by Gasteiger charge is -2.22. The summed E-state index contributed by atoms with van der Waals surface area (Å²) in [5, 5.41) is 0. The molecule has 0 saturated heterocycles. The van der Waals surface area contributed by atoms with Gasteiger partial charge in [0.15, 0.2) is 0 Å². The Morgan fingerprint density at radius 2 is 2.06 bits per heavy atom. The monoisotopic (exact) mass is 299 g/mol. The van der Waals surface area contributed by atoms with Crippen LogP contribution in [0.3, 0.4) is 0 Å². The maximum Gasteiger partial charge on any atom is 0.123 e. The Hall–Kier alpha value is -0.540. The number of benzene rings is 1. The van der Waals surface area contributed by atoms with Gasteiger partial charge in [-0.05, 0) is 49.4 Å². The van der Waals surface area contributed by atoms with E-state index in [2.05, 4.69) is 42.8 Å². The second-order valence-electron chi connectivity index (χ2n) is 5.23. The van der Waals surface area contributed by atoms with Gasteiger partial charge in [-0.3, -0.25) is 0 Å². The number of ether oxygens (including phenoxy) is 1. The van der Waals surface area contributed by atoms with Crippen LogP contribution in [0.2, 0.25) is 0 Å². The third-order valence-electron chi connectivity index (χ3n) is 2.96. The minimum absolute atomic E-state index is 0.218. The van der Waals surface area contributed by atoms with Crippen molar-refractivity contribution in [2.45, 2.75) is 33.6 Å². The number of aryl methyl sites for hydroxylation is 1. The average molecular weight is 300 g/mol. The minimum atomic E-state index is 0.218. The van der Waals surface area contributed by atoms with Crippen LogP contribution in [0.5, 0.6) is 5.75 Å². The number of hydrogen-bond donors (Lipinski definition) is 1. The quantitative estimate of drug-likeness (QED) is 0.809. The molecule has 0 aliphatic rings. The number of nitrogens with two attached hydrogens (primary N) is 1. The Balaban J connectivity index is 2.38. The normalized spacial score (nSPS) is 11.6. The van der Waals surface area contributed by atoms with Crippen molar-refractivity contribution in [3.05, 3.63) is 28.2 Å². The first-order valence-electron chi connectivity index (χ1n) is 6.04. The van der Waals surface area contributed by atoms with E-state index in [0.29, 0.717) is 0 Å². The third-order valence-corrected chi connectivity index (χ3v) is 3.45. The summed E-state index contributed by atoms with van der Waals surface area (Å²) in [4.78, 5) is 0. The molecular formula is C14H22BrNO. The van der Waals surface area contributed by atoms with Crippen molar-refractivity contribution in [2.75, 3.05) is 13.2 Å².